The Kier molecular flexibility index (Phi) is 5.37. The van der Waals surface area contributed by atoms with Gasteiger partial charge in [0.15, 0.2) is 6.61 Å². The van der Waals surface area contributed by atoms with Crippen molar-refractivity contribution in [1.82, 2.24) is 5.01 Å². The molecular weight excluding hydrogens is 387 g/mol. The summed E-state index contributed by atoms with van der Waals surface area (Å²) in [5.41, 5.74) is 0.641. The van der Waals surface area contributed by atoms with Crippen LogP contribution in [0.2, 0.25) is 15.1 Å². The lowest BCUT2D eigenvalue weighted by atomic mass is 10.2. The average Bonchev–Trinajstić information content (AvgIpc) is 2.99. The summed E-state index contributed by atoms with van der Waals surface area (Å²) in [4.78, 5) is 11.9. The second kappa shape index (κ2) is 7.52. The lowest BCUT2D eigenvalue weighted by Crippen LogP contribution is -2.25. The van der Waals surface area contributed by atoms with E-state index in [0.717, 1.165) is 0 Å². The number of nitrogens with zero attached hydrogens (tertiary/aromatic N) is 2. The third-order valence-electron chi connectivity index (χ3n) is 3.43. The number of amides is 1. The zero-order chi connectivity index (χ0) is 18.0. The van der Waals surface area contributed by atoms with Crippen LogP contribution in [0.3, 0.4) is 0 Å². The number of hydrogen-bond donors (Lipinski definition) is 0. The third-order valence-corrected chi connectivity index (χ3v) is 4.30. The van der Waals surface area contributed by atoms with Crippen molar-refractivity contribution in [2.24, 2.45) is 5.10 Å². The Morgan fingerprint density at radius 2 is 1.96 bits per heavy atom. The Hall–Kier alpha value is -1.95. The first-order valence-electron chi connectivity index (χ1n) is 7.32. The molecule has 1 aliphatic heterocycles. The van der Waals surface area contributed by atoms with E-state index in [4.69, 9.17) is 44.3 Å². The van der Waals surface area contributed by atoms with Gasteiger partial charge in [-0.05, 0) is 24.3 Å². The highest BCUT2D eigenvalue weighted by Gasteiger charge is 2.33. The molecule has 2 aromatic rings. The Morgan fingerprint density at radius 3 is 2.64 bits per heavy atom. The minimum absolute atomic E-state index is 0.00604. The molecule has 1 aliphatic rings. The first-order chi connectivity index (χ1) is 12.0. The van der Waals surface area contributed by atoms with Crippen LogP contribution in [0.4, 0.5) is 0 Å². The van der Waals surface area contributed by atoms with Crippen molar-refractivity contribution in [2.45, 2.75) is 13.2 Å². The number of carbonyl (C=O) groups is 1. The van der Waals surface area contributed by atoms with Gasteiger partial charge >= 0.3 is 0 Å². The topological polar surface area (TPSA) is 51.1 Å². The van der Waals surface area contributed by atoms with Crippen molar-refractivity contribution >= 4 is 46.6 Å². The fourth-order valence-electron chi connectivity index (χ4n) is 2.28. The zero-order valence-corrected chi connectivity index (χ0v) is 15.3. The molecule has 0 N–H and O–H groups in total. The largest absolute Gasteiger partial charge is 0.482 e. The lowest BCUT2D eigenvalue weighted by Gasteiger charge is -2.20. The molecule has 8 heteroatoms. The van der Waals surface area contributed by atoms with Crippen LogP contribution in [-0.4, -0.2) is 23.4 Å². The number of ether oxygens (including phenoxy) is 2. The van der Waals surface area contributed by atoms with Crippen LogP contribution < -0.4 is 4.74 Å². The number of hydrazone groups is 1. The van der Waals surface area contributed by atoms with Crippen LogP contribution in [0.5, 0.6) is 5.75 Å². The van der Waals surface area contributed by atoms with Crippen molar-refractivity contribution < 1.29 is 14.3 Å². The minimum Gasteiger partial charge on any atom is -0.482 e. The van der Waals surface area contributed by atoms with E-state index in [9.17, 15) is 4.79 Å². The van der Waals surface area contributed by atoms with E-state index < -0.39 is 6.23 Å². The molecule has 0 aromatic heterocycles. The van der Waals surface area contributed by atoms with Crippen LogP contribution in [0.1, 0.15) is 18.7 Å². The summed E-state index contributed by atoms with van der Waals surface area (Å²) in [5.74, 6) is 0.406. The molecule has 0 saturated heterocycles. The fraction of sp³-hybridized carbons (Fsp3) is 0.176. The molecule has 2 aromatic carbocycles. The van der Waals surface area contributed by atoms with Gasteiger partial charge in [-0.2, -0.15) is 5.01 Å². The summed E-state index contributed by atoms with van der Waals surface area (Å²) in [6, 6.07) is 12.0. The number of carbonyl (C=O) groups excluding carboxylic acids is 1. The summed E-state index contributed by atoms with van der Waals surface area (Å²) in [7, 11) is 0. The van der Waals surface area contributed by atoms with Gasteiger partial charge in [0.1, 0.15) is 5.75 Å². The molecule has 0 radical (unpaired) electrons. The first kappa shape index (κ1) is 17.9. The maximum atomic E-state index is 11.9. The average molecular weight is 400 g/mol. The summed E-state index contributed by atoms with van der Waals surface area (Å²) in [6.45, 7) is 1.41. The Bertz CT molecular complexity index is 842. The second-order valence-corrected chi connectivity index (χ2v) is 6.46. The van der Waals surface area contributed by atoms with Gasteiger partial charge in [-0.3, -0.25) is 4.79 Å². The van der Waals surface area contributed by atoms with Gasteiger partial charge < -0.3 is 9.47 Å². The molecule has 0 aliphatic carbocycles. The zero-order valence-electron chi connectivity index (χ0n) is 13.1. The van der Waals surface area contributed by atoms with Crippen molar-refractivity contribution in [3.05, 3.63) is 63.1 Å². The normalized spacial score (nSPS) is 16.4. The molecule has 25 heavy (non-hydrogen) atoms. The fourth-order valence-corrected chi connectivity index (χ4v) is 2.97. The van der Waals surface area contributed by atoms with E-state index in [-0.39, 0.29) is 18.4 Å². The molecule has 0 fully saturated rings. The SMILES string of the molecule is CC(=O)N1N=C(COc2ccc(Cl)cc2Cl)O[C@H]1c1ccccc1Cl. The van der Waals surface area contributed by atoms with Gasteiger partial charge in [-0.1, -0.05) is 53.0 Å². The molecule has 1 atom stereocenters. The van der Waals surface area contributed by atoms with Crippen molar-refractivity contribution in [2.75, 3.05) is 6.61 Å². The molecule has 0 bridgehead atoms. The number of benzene rings is 2. The van der Waals surface area contributed by atoms with E-state index in [2.05, 4.69) is 5.10 Å². The summed E-state index contributed by atoms with van der Waals surface area (Å²) in [6.07, 6.45) is -0.731. The van der Waals surface area contributed by atoms with E-state index in [1.54, 1.807) is 36.4 Å². The van der Waals surface area contributed by atoms with E-state index in [1.165, 1.54) is 11.9 Å². The Balaban J connectivity index is 1.76. The van der Waals surface area contributed by atoms with Gasteiger partial charge in [-0.15, -0.1) is 5.10 Å². The number of rotatable bonds is 4. The summed E-state index contributed by atoms with van der Waals surface area (Å²) in [5, 5.41) is 6.76. The Labute approximate surface area is 159 Å². The van der Waals surface area contributed by atoms with Gasteiger partial charge in [0, 0.05) is 22.5 Å². The van der Waals surface area contributed by atoms with Crippen LogP contribution in [0, 0.1) is 0 Å². The van der Waals surface area contributed by atoms with Crippen molar-refractivity contribution in [3.8, 4) is 5.75 Å². The predicted molar refractivity (Wildman–Crippen MR) is 97.2 cm³/mol. The molecule has 0 spiro atoms. The second-order valence-electron chi connectivity index (χ2n) is 5.21. The quantitative estimate of drug-likeness (QED) is 0.733. The van der Waals surface area contributed by atoms with E-state index in [1.807, 2.05) is 6.07 Å². The molecular formula is C17H13Cl3N2O3. The van der Waals surface area contributed by atoms with Gasteiger partial charge in [0.2, 0.25) is 18.0 Å². The van der Waals surface area contributed by atoms with Crippen molar-refractivity contribution in [3.63, 3.8) is 0 Å². The molecule has 0 saturated carbocycles. The van der Waals surface area contributed by atoms with Gasteiger partial charge in [-0.25, -0.2) is 0 Å². The molecule has 1 heterocycles. The molecule has 130 valence electrons. The minimum atomic E-state index is -0.731. The molecule has 3 rings (SSSR count). The highest BCUT2D eigenvalue weighted by Crippen LogP contribution is 2.33. The van der Waals surface area contributed by atoms with Crippen LogP contribution in [0.25, 0.3) is 0 Å². The molecule has 0 unspecified atom stereocenters. The van der Waals surface area contributed by atoms with Gasteiger partial charge in [0.05, 0.1) is 5.02 Å². The first-order valence-corrected chi connectivity index (χ1v) is 8.45. The van der Waals surface area contributed by atoms with E-state index >= 15 is 0 Å². The Morgan fingerprint density at radius 1 is 1.20 bits per heavy atom. The monoisotopic (exact) mass is 398 g/mol. The standard InChI is InChI=1S/C17H13Cl3N2O3/c1-10(23)22-17(12-4-2-3-5-13(12)19)25-16(21-22)9-24-15-7-6-11(18)8-14(15)20/h2-8,17H,9H2,1H3/t17-/m0/s1. The van der Waals surface area contributed by atoms with E-state index in [0.29, 0.717) is 26.4 Å². The van der Waals surface area contributed by atoms with Crippen LogP contribution in [-0.2, 0) is 9.53 Å². The summed E-state index contributed by atoms with van der Waals surface area (Å²) >= 11 is 18.1. The number of hydrogen-bond acceptors (Lipinski definition) is 4. The highest BCUT2D eigenvalue weighted by molar-refractivity contribution is 6.35. The third kappa shape index (κ3) is 4.00. The number of halogens is 3. The van der Waals surface area contributed by atoms with Crippen LogP contribution in [0.15, 0.2) is 47.6 Å². The van der Waals surface area contributed by atoms with Crippen molar-refractivity contribution in [1.29, 1.82) is 0 Å². The predicted octanol–water partition coefficient (Wildman–Crippen LogP) is 4.92. The molecule has 1 amide bonds. The summed E-state index contributed by atoms with van der Waals surface area (Å²) < 4.78 is 11.4. The molecule has 5 nitrogen and oxygen atoms in total. The lowest BCUT2D eigenvalue weighted by molar-refractivity contribution is -0.135. The maximum absolute atomic E-state index is 11.9. The highest BCUT2D eigenvalue weighted by atomic mass is 35.5. The van der Waals surface area contributed by atoms with Gasteiger partial charge in [0.25, 0.3) is 0 Å². The maximum Gasteiger partial charge on any atom is 0.247 e. The van der Waals surface area contributed by atoms with Crippen LogP contribution >= 0.6 is 34.8 Å². The smallest absolute Gasteiger partial charge is 0.247 e.